The van der Waals surface area contributed by atoms with Crippen LogP contribution in [-0.2, 0) is 4.79 Å². The van der Waals surface area contributed by atoms with Crippen molar-refractivity contribution in [2.75, 3.05) is 17.3 Å². The van der Waals surface area contributed by atoms with Crippen LogP contribution >= 0.6 is 15.9 Å². The Labute approximate surface area is 197 Å². The van der Waals surface area contributed by atoms with Crippen LogP contribution in [0.1, 0.15) is 35.3 Å². The number of methoxy groups -OCH3 is 1. The van der Waals surface area contributed by atoms with E-state index in [0.29, 0.717) is 21.5 Å². The second-order valence-electron chi connectivity index (χ2n) is 8.10. The van der Waals surface area contributed by atoms with E-state index in [1.165, 1.54) is 4.90 Å². The molecule has 166 valence electrons. The fraction of sp³-hybridized carbons (Fsp3) is 0.231. The number of benzene rings is 3. The molecule has 5 nitrogen and oxygen atoms in total. The number of carbonyl (C=O) groups is 2. The van der Waals surface area contributed by atoms with Gasteiger partial charge in [-0.25, -0.2) is 0 Å². The molecule has 2 amide bonds. The fourth-order valence-electron chi connectivity index (χ4n) is 3.56. The average Bonchev–Trinajstić information content (AvgIpc) is 2.77. The monoisotopic (exact) mass is 494 g/mol. The van der Waals surface area contributed by atoms with Gasteiger partial charge in [-0.1, -0.05) is 30.3 Å². The first-order valence-electron chi connectivity index (χ1n) is 10.3. The number of nitrogens with zero attached hydrogens (tertiary/aromatic N) is 1. The zero-order chi connectivity index (χ0) is 23.5. The Hall–Kier alpha value is -3.12. The van der Waals surface area contributed by atoms with Crippen molar-refractivity contribution in [2.45, 2.75) is 33.2 Å². The van der Waals surface area contributed by atoms with Crippen LogP contribution in [-0.4, -0.2) is 24.5 Å². The van der Waals surface area contributed by atoms with Crippen molar-refractivity contribution in [3.8, 4) is 5.75 Å². The number of hydrogen-bond acceptors (Lipinski definition) is 3. The number of aryl methyl sites for hydroxylation is 2. The Bertz CT molecular complexity index is 1120. The summed E-state index contributed by atoms with van der Waals surface area (Å²) in [6, 6.07) is 20.1. The molecule has 0 atom stereocenters. The molecule has 0 unspecified atom stereocenters. The topological polar surface area (TPSA) is 58.6 Å². The molecule has 0 aliphatic heterocycles. The van der Waals surface area contributed by atoms with Crippen molar-refractivity contribution < 1.29 is 14.3 Å². The third kappa shape index (κ3) is 4.70. The zero-order valence-electron chi connectivity index (χ0n) is 18.9. The second-order valence-corrected chi connectivity index (χ2v) is 8.95. The molecular formula is C26H27BrN2O3. The number of anilines is 2. The third-order valence-corrected chi connectivity index (χ3v) is 6.16. The molecule has 0 aliphatic carbocycles. The van der Waals surface area contributed by atoms with E-state index in [9.17, 15) is 9.59 Å². The normalized spacial score (nSPS) is 11.1. The first kappa shape index (κ1) is 23.5. The standard InChI is InChI=1S/C26H27BrN2O3/c1-17-9-8-10-18(2)23(17)28-25(31)26(3,4)29(19-13-15-20(32-5)16-14-19)24(30)21-11-6-7-12-22(21)27/h6-16H,1-5H3,(H,28,31). The number of hydrogen-bond donors (Lipinski definition) is 1. The van der Waals surface area contributed by atoms with Crippen molar-refractivity contribution in [1.29, 1.82) is 0 Å². The molecule has 0 fully saturated rings. The SMILES string of the molecule is COc1ccc(N(C(=O)c2ccccc2Br)C(C)(C)C(=O)Nc2c(C)cccc2C)cc1. The van der Waals surface area contributed by atoms with Gasteiger partial charge < -0.3 is 10.1 Å². The highest BCUT2D eigenvalue weighted by Crippen LogP contribution is 2.32. The smallest absolute Gasteiger partial charge is 0.260 e. The fourth-order valence-corrected chi connectivity index (χ4v) is 4.01. The van der Waals surface area contributed by atoms with Crippen LogP contribution in [0.15, 0.2) is 71.2 Å². The molecule has 0 saturated heterocycles. The van der Waals surface area contributed by atoms with E-state index in [4.69, 9.17) is 4.74 Å². The largest absolute Gasteiger partial charge is 0.497 e. The molecule has 0 bridgehead atoms. The lowest BCUT2D eigenvalue weighted by Gasteiger charge is -2.38. The molecule has 6 heteroatoms. The number of para-hydroxylation sites is 1. The van der Waals surface area contributed by atoms with E-state index in [0.717, 1.165) is 16.8 Å². The van der Waals surface area contributed by atoms with Crippen LogP contribution < -0.4 is 15.0 Å². The number of carbonyl (C=O) groups excluding carboxylic acids is 2. The van der Waals surface area contributed by atoms with Crippen LogP contribution in [0.5, 0.6) is 5.75 Å². The minimum atomic E-state index is -1.20. The van der Waals surface area contributed by atoms with Crippen molar-refractivity contribution in [3.63, 3.8) is 0 Å². The lowest BCUT2D eigenvalue weighted by Crippen LogP contribution is -2.55. The van der Waals surface area contributed by atoms with Gasteiger partial charge in [0, 0.05) is 15.8 Å². The van der Waals surface area contributed by atoms with Gasteiger partial charge in [0.2, 0.25) is 5.91 Å². The minimum absolute atomic E-state index is 0.286. The maximum atomic E-state index is 13.7. The highest BCUT2D eigenvalue weighted by molar-refractivity contribution is 9.10. The second kappa shape index (κ2) is 9.57. The molecule has 0 aliphatic rings. The molecule has 1 N–H and O–H groups in total. The molecular weight excluding hydrogens is 468 g/mol. The highest BCUT2D eigenvalue weighted by Gasteiger charge is 2.40. The summed E-state index contributed by atoms with van der Waals surface area (Å²) in [5, 5.41) is 3.04. The van der Waals surface area contributed by atoms with Gasteiger partial charge in [-0.15, -0.1) is 0 Å². The highest BCUT2D eigenvalue weighted by atomic mass is 79.9. The number of rotatable bonds is 6. The third-order valence-electron chi connectivity index (χ3n) is 5.47. The minimum Gasteiger partial charge on any atom is -0.497 e. The molecule has 3 rings (SSSR count). The number of ether oxygens (including phenoxy) is 1. The molecule has 0 aromatic heterocycles. The van der Waals surface area contributed by atoms with E-state index in [2.05, 4.69) is 21.2 Å². The molecule has 0 saturated carbocycles. The Kier molecular flexibility index (Phi) is 7.04. The van der Waals surface area contributed by atoms with E-state index < -0.39 is 5.54 Å². The maximum Gasteiger partial charge on any atom is 0.260 e. The van der Waals surface area contributed by atoms with Crippen LogP contribution in [0.3, 0.4) is 0 Å². The number of halogens is 1. The average molecular weight is 495 g/mol. The van der Waals surface area contributed by atoms with E-state index in [1.54, 1.807) is 57.4 Å². The van der Waals surface area contributed by atoms with Gasteiger partial charge in [0.05, 0.1) is 12.7 Å². The number of amides is 2. The van der Waals surface area contributed by atoms with Crippen molar-refractivity contribution in [2.24, 2.45) is 0 Å². The Morgan fingerprint density at radius 3 is 2.06 bits per heavy atom. The molecule has 0 heterocycles. The van der Waals surface area contributed by atoms with Crippen LogP contribution in [0.2, 0.25) is 0 Å². The summed E-state index contributed by atoms with van der Waals surface area (Å²) in [6.07, 6.45) is 0. The first-order chi connectivity index (χ1) is 15.2. The summed E-state index contributed by atoms with van der Waals surface area (Å²) >= 11 is 3.47. The van der Waals surface area contributed by atoms with Gasteiger partial charge in [0.15, 0.2) is 0 Å². The summed E-state index contributed by atoms with van der Waals surface area (Å²) < 4.78 is 5.92. The van der Waals surface area contributed by atoms with Crippen LogP contribution in [0.4, 0.5) is 11.4 Å². The van der Waals surface area contributed by atoms with Gasteiger partial charge in [0.1, 0.15) is 11.3 Å². The van der Waals surface area contributed by atoms with Crippen molar-refractivity contribution in [1.82, 2.24) is 0 Å². The molecule has 3 aromatic carbocycles. The van der Waals surface area contributed by atoms with Crippen molar-refractivity contribution in [3.05, 3.63) is 87.9 Å². The Morgan fingerprint density at radius 2 is 1.50 bits per heavy atom. The molecule has 0 spiro atoms. The predicted molar refractivity (Wildman–Crippen MR) is 133 cm³/mol. The first-order valence-corrected chi connectivity index (χ1v) is 11.1. The van der Waals surface area contributed by atoms with E-state index in [-0.39, 0.29) is 11.8 Å². The summed E-state index contributed by atoms with van der Waals surface area (Å²) in [5.74, 6) is 0.0928. The van der Waals surface area contributed by atoms with Crippen molar-refractivity contribution >= 4 is 39.1 Å². The van der Waals surface area contributed by atoms with Gasteiger partial charge >= 0.3 is 0 Å². The Balaban J connectivity index is 2.07. The van der Waals surface area contributed by atoms with Crippen LogP contribution in [0, 0.1) is 13.8 Å². The summed E-state index contributed by atoms with van der Waals surface area (Å²) in [5.41, 5.74) is 2.54. The van der Waals surface area contributed by atoms with Gasteiger partial charge in [-0.3, -0.25) is 14.5 Å². The van der Waals surface area contributed by atoms with Crippen LogP contribution in [0.25, 0.3) is 0 Å². The lowest BCUT2D eigenvalue weighted by molar-refractivity contribution is -0.120. The maximum absolute atomic E-state index is 13.7. The summed E-state index contributed by atoms with van der Waals surface area (Å²) in [6.45, 7) is 7.38. The van der Waals surface area contributed by atoms with Gasteiger partial charge in [0.25, 0.3) is 5.91 Å². The van der Waals surface area contributed by atoms with E-state index >= 15 is 0 Å². The van der Waals surface area contributed by atoms with E-state index in [1.807, 2.05) is 44.2 Å². The summed E-state index contributed by atoms with van der Waals surface area (Å²) in [4.78, 5) is 28.8. The zero-order valence-corrected chi connectivity index (χ0v) is 20.5. The quantitative estimate of drug-likeness (QED) is 0.447. The molecule has 3 aromatic rings. The van der Waals surface area contributed by atoms with Gasteiger partial charge in [-0.05, 0) is 91.1 Å². The van der Waals surface area contributed by atoms with Gasteiger partial charge in [-0.2, -0.15) is 0 Å². The summed E-state index contributed by atoms with van der Waals surface area (Å²) in [7, 11) is 1.58. The Morgan fingerprint density at radius 1 is 0.906 bits per heavy atom. The lowest BCUT2D eigenvalue weighted by atomic mass is 9.97. The predicted octanol–water partition coefficient (Wildman–Crippen LogP) is 6.14. The number of nitrogens with one attached hydrogen (secondary N) is 1. The molecule has 32 heavy (non-hydrogen) atoms. The molecule has 0 radical (unpaired) electrons.